The molecule has 112 valence electrons. The molecule has 2 N–H and O–H groups in total. The number of nitrogens with one attached hydrogen (secondary N) is 1. The lowest BCUT2D eigenvalue weighted by atomic mass is 10.1. The van der Waals surface area contributed by atoms with E-state index in [2.05, 4.69) is 34.5 Å². The summed E-state index contributed by atoms with van der Waals surface area (Å²) in [6.45, 7) is 6.14. The van der Waals surface area contributed by atoms with Crippen LogP contribution in [-0.2, 0) is 6.54 Å². The van der Waals surface area contributed by atoms with Crippen molar-refractivity contribution in [2.24, 2.45) is 0 Å². The monoisotopic (exact) mass is 276 g/mol. The van der Waals surface area contributed by atoms with Gasteiger partial charge in [0, 0.05) is 25.3 Å². The fraction of sp³-hybridized carbons (Fsp3) is 0.647. The lowest BCUT2D eigenvalue weighted by molar-refractivity contribution is 0.181. The van der Waals surface area contributed by atoms with Crippen molar-refractivity contribution in [3.05, 3.63) is 29.8 Å². The second-order valence-electron chi connectivity index (χ2n) is 5.88. The van der Waals surface area contributed by atoms with Crippen LogP contribution in [0.2, 0.25) is 0 Å². The summed E-state index contributed by atoms with van der Waals surface area (Å²) in [5.74, 6) is 0. The topological polar surface area (TPSA) is 35.5 Å². The van der Waals surface area contributed by atoms with E-state index in [-0.39, 0.29) is 6.10 Å². The summed E-state index contributed by atoms with van der Waals surface area (Å²) in [6, 6.07) is 8.95. The molecule has 0 spiro atoms. The molecule has 0 aromatic heterocycles. The number of anilines is 1. The smallest absolute Gasteiger partial charge is 0.0512 e. The molecule has 1 aromatic carbocycles. The van der Waals surface area contributed by atoms with Gasteiger partial charge in [-0.05, 0) is 63.3 Å². The number of nitrogens with zero attached hydrogens (tertiary/aromatic N) is 1. The molecular formula is C17H28N2O. The molecule has 0 amide bonds. The molecule has 1 aliphatic rings. The maximum Gasteiger partial charge on any atom is 0.0512 e. The van der Waals surface area contributed by atoms with E-state index in [9.17, 15) is 5.11 Å². The van der Waals surface area contributed by atoms with Gasteiger partial charge in [-0.1, -0.05) is 12.1 Å². The number of piperidine rings is 1. The second kappa shape index (κ2) is 8.28. The maximum atomic E-state index is 9.19. The zero-order valence-electron chi connectivity index (χ0n) is 12.6. The minimum absolute atomic E-state index is 0.180. The van der Waals surface area contributed by atoms with Gasteiger partial charge in [0.2, 0.25) is 0 Å². The van der Waals surface area contributed by atoms with Crippen LogP contribution in [0.1, 0.15) is 44.6 Å². The SMILES string of the molecule is CC(O)CCCNCc1ccc(N2CCCCC2)cc1. The van der Waals surface area contributed by atoms with Crippen molar-refractivity contribution >= 4 is 5.69 Å². The van der Waals surface area contributed by atoms with Crippen molar-refractivity contribution in [1.82, 2.24) is 5.32 Å². The lowest BCUT2D eigenvalue weighted by Crippen LogP contribution is -2.29. The van der Waals surface area contributed by atoms with Crippen LogP contribution in [0.15, 0.2) is 24.3 Å². The largest absolute Gasteiger partial charge is 0.393 e. The molecule has 0 aliphatic carbocycles. The molecule has 3 nitrogen and oxygen atoms in total. The number of hydrogen-bond acceptors (Lipinski definition) is 3. The zero-order valence-corrected chi connectivity index (χ0v) is 12.6. The van der Waals surface area contributed by atoms with Crippen LogP contribution >= 0.6 is 0 Å². The highest BCUT2D eigenvalue weighted by Crippen LogP contribution is 2.20. The predicted molar refractivity (Wildman–Crippen MR) is 85.1 cm³/mol. The molecule has 0 saturated carbocycles. The van der Waals surface area contributed by atoms with Crippen LogP contribution < -0.4 is 10.2 Å². The van der Waals surface area contributed by atoms with E-state index in [4.69, 9.17) is 0 Å². The van der Waals surface area contributed by atoms with Crippen molar-refractivity contribution in [2.75, 3.05) is 24.5 Å². The van der Waals surface area contributed by atoms with Crippen LogP contribution in [-0.4, -0.2) is 30.8 Å². The molecule has 0 bridgehead atoms. The van der Waals surface area contributed by atoms with E-state index >= 15 is 0 Å². The number of rotatable bonds is 7. The van der Waals surface area contributed by atoms with Crippen LogP contribution in [0.25, 0.3) is 0 Å². The fourth-order valence-electron chi connectivity index (χ4n) is 2.73. The summed E-state index contributed by atoms with van der Waals surface area (Å²) >= 11 is 0. The highest BCUT2D eigenvalue weighted by Gasteiger charge is 2.10. The van der Waals surface area contributed by atoms with E-state index < -0.39 is 0 Å². The summed E-state index contributed by atoms with van der Waals surface area (Å²) < 4.78 is 0. The van der Waals surface area contributed by atoms with Crippen molar-refractivity contribution < 1.29 is 5.11 Å². The van der Waals surface area contributed by atoms with Gasteiger partial charge in [-0.15, -0.1) is 0 Å². The number of hydrogen-bond donors (Lipinski definition) is 2. The van der Waals surface area contributed by atoms with Gasteiger partial charge >= 0.3 is 0 Å². The quantitative estimate of drug-likeness (QED) is 0.752. The third-order valence-electron chi connectivity index (χ3n) is 3.96. The first-order valence-corrected chi connectivity index (χ1v) is 7.98. The average Bonchev–Trinajstić information content (AvgIpc) is 2.48. The molecule has 2 rings (SSSR count). The van der Waals surface area contributed by atoms with Crippen LogP contribution in [0.4, 0.5) is 5.69 Å². The van der Waals surface area contributed by atoms with E-state index in [0.29, 0.717) is 0 Å². The predicted octanol–water partition coefficient (Wildman–Crippen LogP) is 2.93. The van der Waals surface area contributed by atoms with Crippen LogP contribution in [0, 0.1) is 0 Å². The van der Waals surface area contributed by atoms with Crippen LogP contribution in [0.3, 0.4) is 0 Å². The Kier molecular flexibility index (Phi) is 6.34. The number of benzene rings is 1. The number of aliphatic hydroxyl groups excluding tert-OH is 1. The van der Waals surface area contributed by atoms with Crippen LogP contribution in [0.5, 0.6) is 0 Å². The third-order valence-corrected chi connectivity index (χ3v) is 3.96. The Balaban J connectivity index is 1.71. The van der Waals surface area contributed by atoms with Crippen molar-refractivity contribution in [3.63, 3.8) is 0 Å². The van der Waals surface area contributed by atoms with Gasteiger partial charge in [0.1, 0.15) is 0 Å². The Bertz CT molecular complexity index is 369. The fourth-order valence-corrected chi connectivity index (χ4v) is 2.73. The van der Waals surface area contributed by atoms with Crippen molar-refractivity contribution in [2.45, 2.75) is 51.7 Å². The molecule has 1 unspecified atom stereocenters. The second-order valence-corrected chi connectivity index (χ2v) is 5.88. The molecule has 1 fully saturated rings. The van der Waals surface area contributed by atoms with E-state index in [0.717, 1.165) is 25.9 Å². The highest BCUT2D eigenvalue weighted by molar-refractivity contribution is 5.47. The Morgan fingerprint density at radius 1 is 1.15 bits per heavy atom. The Morgan fingerprint density at radius 3 is 2.50 bits per heavy atom. The highest BCUT2D eigenvalue weighted by atomic mass is 16.3. The maximum absolute atomic E-state index is 9.19. The summed E-state index contributed by atoms with van der Waals surface area (Å²) in [4.78, 5) is 2.49. The summed E-state index contributed by atoms with van der Waals surface area (Å²) in [7, 11) is 0. The molecule has 1 atom stereocenters. The minimum Gasteiger partial charge on any atom is -0.393 e. The summed E-state index contributed by atoms with van der Waals surface area (Å²) in [5.41, 5.74) is 2.70. The molecule has 20 heavy (non-hydrogen) atoms. The van der Waals surface area contributed by atoms with E-state index in [1.54, 1.807) is 0 Å². The van der Waals surface area contributed by atoms with Gasteiger partial charge in [-0.2, -0.15) is 0 Å². The first kappa shape index (κ1) is 15.3. The Hall–Kier alpha value is -1.06. The first-order valence-electron chi connectivity index (χ1n) is 7.98. The van der Waals surface area contributed by atoms with Gasteiger partial charge in [0.25, 0.3) is 0 Å². The molecule has 1 aliphatic heterocycles. The van der Waals surface area contributed by atoms with Gasteiger partial charge in [-0.3, -0.25) is 0 Å². The summed E-state index contributed by atoms with van der Waals surface area (Å²) in [5, 5.41) is 12.6. The number of aliphatic hydroxyl groups is 1. The molecule has 1 heterocycles. The normalized spacial score (nSPS) is 17.2. The van der Waals surface area contributed by atoms with E-state index in [1.165, 1.54) is 43.6 Å². The van der Waals surface area contributed by atoms with Gasteiger partial charge in [-0.25, -0.2) is 0 Å². The summed E-state index contributed by atoms with van der Waals surface area (Å²) in [6.07, 6.45) is 5.76. The first-order chi connectivity index (χ1) is 9.75. The lowest BCUT2D eigenvalue weighted by Gasteiger charge is -2.28. The molecular weight excluding hydrogens is 248 g/mol. The molecule has 3 heteroatoms. The van der Waals surface area contributed by atoms with Gasteiger partial charge < -0.3 is 15.3 Å². The third kappa shape index (κ3) is 5.14. The van der Waals surface area contributed by atoms with Gasteiger partial charge in [0.05, 0.1) is 6.10 Å². The van der Waals surface area contributed by atoms with E-state index in [1.807, 2.05) is 6.92 Å². The molecule has 0 radical (unpaired) electrons. The average molecular weight is 276 g/mol. The molecule has 1 aromatic rings. The Labute approximate surface area is 123 Å². The Morgan fingerprint density at radius 2 is 1.85 bits per heavy atom. The standard InChI is InChI=1S/C17H28N2O/c1-15(20)6-5-11-18-14-16-7-9-17(10-8-16)19-12-3-2-4-13-19/h7-10,15,18,20H,2-6,11-14H2,1H3. The van der Waals surface area contributed by atoms with Crippen molar-refractivity contribution in [3.8, 4) is 0 Å². The minimum atomic E-state index is -0.180. The zero-order chi connectivity index (χ0) is 14.2. The van der Waals surface area contributed by atoms with Crippen molar-refractivity contribution in [1.29, 1.82) is 0 Å². The van der Waals surface area contributed by atoms with Gasteiger partial charge in [0.15, 0.2) is 0 Å². The molecule has 1 saturated heterocycles.